The molecule has 0 spiro atoms. The fraction of sp³-hybridized carbons (Fsp3) is 1.00. The first-order valence-electron chi connectivity index (χ1n) is 5.60. The zero-order valence-electron chi connectivity index (χ0n) is 9.67. The van der Waals surface area contributed by atoms with Crippen LogP contribution in [0, 0.1) is 0 Å². The standard InChI is InChI=1S/C11H21NO2.ClH/c1-13-10-5-3-4-6-11(10,14-2)9-12-8-7-10;/h12H,3-9H2,1-2H3;1H/t10-,11+;/m0./s1. The highest BCUT2D eigenvalue weighted by atomic mass is 35.5. The van der Waals surface area contributed by atoms with E-state index in [4.69, 9.17) is 9.47 Å². The number of hydrogen-bond donors (Lipinski definition) is 1. The minimum atomic E-state index is -0.0712. The monoisotopic (exact) mass is 235 g/mol. The summed E-state index contributed by atoms with van der Waals surface area (Å²) in [7, 11) is 3.66. The lowest BCUT2D eigenvalue weighted by atomic mass is 9.67. The molecule has 0 amide bonds. The maximum atomic E-state index is 5.81. The average Bonchev–Trinajstić information content (AvgIpc) is 2.28. The SMILES string of the molecule is CO[C@]12CCCC[C@@]1(OC)CNCC2.Cl. The molecule has 1 heterocycles. The summed E-state index contributed by atoms with van der Waals surface area (Å²) in [6.07, 6.45) is 5.90. The van der Waals surface area contributed by atoms with Crippen LogP contribution in [-0.2, 0) is 9.47 Å². The van der Waals surface area contributed by atoms with Crippen LogP contribution in [0.2, 0.25) is 0 Å². The minimum Gasteiger partial charge on any atom is -0.375 e. The van der Waals surface area contributed by atoms with E-state index in [1.54, 1.807) is 0 Å². The lowest BCUT2D eigenvalue weighted by Gasteiger charge is -2.54. The molecule has 0 unspecified atom stereocenters. The molecule has 90 valence electrons. The van der Waals surface area contributed by atoms with Crippen LogP contribution in [0.3, 0.4) is 0 Å². The van der Waals surface area contributed by atoms with E-state index in [2.05, 4.69) is 5.32 Å². The van der Waals surface area contributed by atoms with Gasteiger partial charge in [0, 0.05) is 20.8 Å². The second-order valence-corrected chi connectivity index (χ2v) is 4.53. The Bertz CT molecular complexity index is 177. The zero-order valence-corrected chi connectivity index (χ0v) is 10.5. The topological polar surface area (TPSA) is 30.5 Å². The molecule has 0 aromatic heterocycles. The molecule has 1 aliphatic carbocycles. The van der Waals surface area contributed by atoms with Gasteiger partial charge >= 0.3 is 0 Å². The van der Waals surface area contributed by atoms with Crippen LogP contribution in [0.1, 0.15) is 32.1 Å². The molecule has 2 atom stereocenters. The number of fused-ring (bicyclic) bond motifs is 1. The zero-order chi connectivity index (χ0) is 10.1. The maximum Gasteiger partial charge on any atom is 0.109 e. The van der Waals surface area contributed by atoms with Gasteiger partial charge in [0.15, 0.2) is 0 Å². The van der Waals surface area contributed by atoms with Crippen LogP contribution in [0.5, 0.6) is 0 Å². The van der Waals surface area contributed by atoms with Crippen LogP contribution >= 0.6 is 12.4 Å². The number of nitrogens with one attached hydrogen (secondary N) is 1. The summed E-state index contributed by atoms with van der Waals surface area (Å²) in [5.74, 6) is 0. The number of hydrogen-bond acceptors (Lipinski definition) is 3. The quantitative estimate of drug-likeness (QED) is 0.791. The third-order valence-electron chi connectivity index (χ3n) is 4.14. The van der Waals surface area contributed by atoms with Crippen LogP contribution in [-0.4, -0.2) is 38.5 Å². The first kappa shape index (κ1) is 13.2. The summed E-state index contributed by atoms with van der Waals surface area (Å²) < 4.78 is 11.6. The van der Waals surface area contributed by atoms with Crippen molar-refractivity contribution < 1.29 is 9.47 Å². The highest BCUT2D eigenvalue weighted by Gasteiger charge is 2.54. The third kappa shape index (κ3) is 1.91. The molecule has 3 nitrogen and oxygen atoms in total. The number of piperidine rings is 1. The molecule has 1 aliphatic heterocycles. The summed E-state index contributed by atoms with van der Waals surface area (Å²) in [6.45, 7) is 2.00. The number of ether oxygens (including phenoxy) is 2. The normalized spacial score (nSPS) is 40.4. The Morgan fingerprint density at radius 2 is 1.53 bits per heavy atom. The number of rotatable bonds is 2. The van der Waals surface area contributed by atoms with Gasteiger partial charge in [-0.25, -0.2) is 0 Å². The molecule has 0 radical (unpaired) electrons. The largest absolute Gasteiger partial charge is 0.375 e. The van der Waals surface area contributed by atoms with Crippen molar-refractivity contribution >= 4 is 12.4 Å². The van der Waals surface area contributed by atoms with Crippen molar-refractivity contribution in [2.24, 2.45) is 0 Å². The second-order valence-electron chi connectivity index (χ2n) is 4.53. The van der Waals surface area contributed by atoms with Crippen molar-refractivity contribution in [2.75, 3.05) is 27.3 Å². The van der Waals surface area contributed by atoms with Gasteiger partial charge in [0.2, 0.25) is 0 Å². The van der Waals surface area contributed by atoms with Gasteiger partial charge in [-0.15, -0.1) is 12.4 Å². The lowest BCUT2D eigenvalue weighted by molar-refractivity contribution is -0.217. The van der Waals surface area contributed by atoms with Gasteiger partial charge in [0.1, 0.15) is 5.60 Å². The highest BCUT2D eigenvalue weighted by molar-refractivity contribution is 5.85. The minimum absolute atomic E-state index is 0. The Balaban J connectivity index is 0.00000112. The summed E-state index contributed by atoms with van der Waals surface area (Å²) in [6, 6.07) is 0. The second kappa shape index (κ2) is 5.00. The van der Waals surface area contributed by atoms with E-state index in [0.717, 1.165) is 32.4 Å². The van der Waals surface area contributed by atoms with Gasteiger partial charge in [-0.05, 0) is 25.8 Å². The first-order chi connectivity index (χ1) is 6.79. The van der Waals surface area contributed by atoms with Crippen molar-refractivity contribution in [1.82, 2.24) is 5.32 Å². The molecule has 0 bridgehead atoms. The molecule has 15 heavy (non-hydrogen) atoms. The van der Waals surface area contributed by atoms with Gasteiger partial charge < -0.3 is 14.8 Å². The van der Waals surface area contributed by atoms with Crippen LogP contribution < -0.4 is 5.32 Å². The van der Waals surface area contributed by atoms with Crippen LogP contribution in [0.15, 0.2) is 0 Å². The van der Waals surface area contributed by atoms with Crippen molar-refractivity contribution in [3.63, 3.8) is 0 Å². The molecule has 2 aliphatic rings. The molecular formula is C11H22ClNO2. The Labute approximate surface area is 98.3 Å². The molecular weight excluding hydrogens is 214 g/mol. The van der Waals surface area contributed by atoms with E-state index in [1.807, 2.05) is 14.2 Å². The molecule has 0 aromatic carbocycles. The van der Waals surface area contributed by atoms with Gasteiger partial charge in [-0.3, -0.25) is 0 Å². The number of methoxy groups -OCH3 is 2. The molecule has 2 rings (SSSR count). The molecule has 1 saturated heterocycles. The predicted octanol–water partition coefficient (Wildman–Crippen LogP) is 1.75. The van der Waals surface area contributed by atoms with Gasteiger partial charge in [-0.1, -0.05) is 12.8 Å². The average molecular weight is 236 g/mol. The molecule has 0 aromatic rings. The highest BCUT2D eigenvalue weighted by Crippen LogP contribution is 2.45. The smallest absolute Gasteiger partial charge is 0.109 e. The third-order valence-corrected chi connectivity index (χ3v) is 4.14. The van der Waals surface area contributed by atoms with E-state index >= 15 is 0 Å². The Kier molecular flexibility index (Phi) is 4.41. The summed E-state index contributed by atoms with van der Waals surface area (Å²) in [5.41, 5.74) is -0.0937. The summed E-state index contributed by atoms with van der Waals surface area (Å²) in [5, 5.41) is 3.43. The first-order valence-corrected chi connectivity index (χ1v) is 5.60. The van der Waals surface area contributed by atoms with Crippen molar-refractivity contribution in [3.05, 3.63) is 0 Å². The predicted molar refractivity (Wildman–Crippen MR) is 62.7 cm³/mol. The van der Waals surface area contributed by atoms with Gasteiger partial charge in [-0.2, -0.15) is 0 Å². The van der Waals surface area contributed by atoms with Gasteiger partial charge in [0.05, 0.1) is 5.60 Å². The lowest BCUT2D eigenvalue weighted by Crippen LogP contribution is -2.67. The van der Waals surface area contributed by atoms with Crippen molar-refractivity contribution in [2.45, 2.75) is 43.3 Å². The van der Waals surface area contributed by atoms with E-state index in [1.165, 1.54) is 12.8 Å². The van der Waals surface area contributed by atoms with E-state index in [0.29, 0.717) is 0 Å². The maximum absolute atomic E-state index is 5.81. The molecule has 1 saturated carbocycles. The fourth-order valence-corrected chi connectivity index (χ4v) is 3.21. The van der Waals surface area contributed by atoms with Gasteiger partial charge in [0.25, 0.3) is 0 Å². The Morgan fingerprint density at radius 3 is 2.07 bits per heavy atom. The van der Waals surface area contributed by atoms with E-state index in [9.17, 15) is 0 Å². The summed E-state index contributed by atoms with van der Waals surface area (Å²) >= 11 is 0. The van der Waals surface area contributed by atoms with Crippen molar-refractivity contribution in [3.8, 4) is 0 Å². The number of halogens is 1. The van der Waals surface area contributed by atoms with Crippen molar-refractivity contribution in [1.29, 1.82) is 0 Å². The summed E-state index contributed by atoms with van der Waals surface area (Å²) in [4.78, 5) is 0. The molecule has 2 fully saturated rings. The fourth-order valence-electron chi connectivity index (χ4n) is 3.21. The van der Waals surface area contributed by atoms with Crippen LogP contribution in [0.4, 0.5) is 0 Å². The Hall–Kier alpha value is 0.170. The Morgan fingerprint density at radius 1 is 0.933 bits per heavy atom. The van der Waals surface area contributed by atoms with Crippen LogP contribution in [0.25, 0.3) is 0 Å². The van der Waals surface area contributed by atoms with E-state index < -0.39 is 0 Å². The van der Waals surface area contributed by atoms with E-state index in [-0.39, 0.29) is 23.6 Å². The molecule has 1 N–H and O–H groups in total. The molecule has 4 heteroatoms.